The van der Waals surface area contributed by atoms with Crippen molar-refractivity contribution >= 4 is 18.0 Å². The first kappa shape index (κ1) is 27.9. The summed E-state index contributed by atoms with van der Waals surface area (Å²) in [5, 5.41) is 2.86. The lowest BCUT2D eigenvalue weighted by molar-refractivity contribution is -0.154. The number of nitrogens with one attached hydrogen (secondary N) is 1. The van der Waals surface area contributed by atoms with Gasteiger partial charge in [-0.25, -0.2) is 9.59 Å². The van der Waals surface area contributed by atoms with Crippen molar-refractivity contribution in [2.75, 3.05) is 6.73 Å². The van der Waals surface area contributed by atoms with Crippen LogP contribution in [0.3, 0.4) is 0 Å². The van der Waals surface area contributed by atoms with Gasteiger partial charge in [-0.05, 0) is 23.6 Å². The number of amides is 2. The summed E-state index contributed by atoms with van der Waals surface area (Å²) >= 11 is 0. The minimum Gasteiger partial charge on any atom is -0.459 e. The molecule has 0 radical (unpaired) electrons. The van der Waals surface area contributed by atoms with Gasteiger partial charge < -0.3 is 19.5 Å². The summed E-state index contributed by atoms with van der Waals surface area (Å²) in [5.74, 6) is -1.37. The number of ether oxygens (including phenoxy) is 3. The summed E-state index contributed by atoms with van der Waals surface area (Å²) in [6.45, 7) is 3.75. The summed E-state index contributed by atoms with van der Waals surface area (Å²) in [5.41, 5.74) is 2.54. The third kappa shape index (κ3) is 7.67. The average molecular weight is 531 g/mol. The summed E-state index contributed by atoms with van der Waals surface area (Å²) in [6.07, 6.45) is -0.702. The molecule has 2 amide bonds. The molecule has 0 aliphatic carbocycles. The third-order valence-corrected chi connectivity index (χ3v) is 6.87. The maximum atomic E-state index is 13.7. The van der Waals surface area contributed by atoms with Gasteiger partial charge in [0.15, 0.2) is 0 Å². The van der Waals surface area contributed by atoms with Crippen molar-refractivity contribution in [3.05, 3.63) is 108 Å². The Kier molecular flexibility index (Phi) is 9.69. The fourth-order valence-electron chi connectivity index (χ4n) is 4.45. The Morgan fingerprint density at radius 2 is 1.33 bits per heavy atom. The molecule has 204 valence electrons. The number of nitrogens with zero attached hydrogens (tertiary/aromatic N) is 1. The van der Waals surface area contributed by atoms with Gasteiger partial charge in [-0.3, -0.25) is 9.69 Å². The van der Waals surface area contributed by atoms with Crippen molar-refractivity contribution in [1.29, 1.82) is 0 Å². The van der Waals surface area contributed by atoms with Gasteiger partial charge in [-0.15, -0.1) is 0 Å². The molecule has 1 fully saturated rings. The molecule has 3 aromatic carbocycles. The van der Waals surface area contributed by atoms with Gasteiger partial charge in [0, 0.05) is 12.3 Å². The lowest BCUT2D eigenvalue weighted by Crippen LogP contribution is -2.61. The Hall–Kier alpha value is -4.17. The number of carbonyl (C=O) groups excluding carboxylic acids is 3. The minimum absolute atomic E-state index is 0.0664. The van der Waals surface area contributed by atoms with Gasteiger partial charge >= 0.3 is 12.1 Å². The lowest BCUT2D eigenvalue weighted by atomic mass is 9.93. The molecular weight excluding hydrogens is 496 g/mol. The number of hydrogen-bond donors (Lipinski definition) is 1. The Bertz CT molecular complexity index is 1220. The second-order valence-electron chi connectivity index (χ2n) is 9.66. The van der Waals surface area contributed by atoms with E-state index in [1.165, 1.54) is 4.90 Å². The Balaban J connectivity index is 1.48. The van der Waals surface area contributed by atoms with E-state index >= 15 is 0 Å². The van der Waals surface area contributed by atoms with Crippen molar-refractivity contribution in [3.8, 4) is 0 Å². The number of hydrogen-bond acceptors (Lipinski definition) is 6. The second-order valence-corrected chi connectivity index (χ2v) is 9.66. The van der Waals surface area contributed by atoms with Crippen molar-refractivity contribution in [2.24, 2.45) is 5.92 Å². The maximum absolute atomic E-state index is 13.7. The molecule has 0 bridgehead atoms. The van der Waals surface area contributed by atoms with Crippen LogP contribution < -0.4 is 5.32 Å². The van der Waals surface area contributed by atoms with Crippen molar-refractivity contribution in [1.82, 2.24) is 10.2 Å². The molecule has 4 atom stereocenters. The molecule has 8 nitrogen and oxygen atoms in total. The van der Waals surface area contributed by atoms with Gasteiger partial charge in [0.25, 0.3) is 0 Å². The summed E-state index contributed by atoms with van der Waals surface area (Å²) in [6, 6.07) is 26.2. The SMILES string of the molecule is C[C@H]1[C@H](C)OCN(C(=O)OCc2ccccc2)[C@@H]1C(=O)N[C@@H](Cc1ccccc1)C(=O)OCc1ccccc1. The lowest BCUT2D eigenvalue weighted by Gasteiger charge is -2.41. The van der Waals surface area contributed by atoms with E-state index in [0.29, 0.717) is 0 Å². The molecule has 1 saturated heterocycles. The van der Waals surface area contributed by atoms with Crippen LogP contribution in [0.4, 0.5) is 4.79 Å². The molecule has 39 heavy (non-hydrogen) atoms. The predicted molar refractivity (Wildman–Crippen MR) is 145 cm³/mol. The summed E-state index contributed by atoms with van der Waals surface area (Å²) < 4.78 is 16.8. The van der Waals surface area contributed by atoms with E-state index in [1.54, 1.807) is 0 Å². The van der Waals surface area contributed by atoms with E-state index in [4.69, 9.17) is 14.2 Å². The molecule has 4 rings (SSSR count). The first-order valence-corrected chi connectivity index (χ1v) is 13.1. The second kappa shape index (κ2) is 13.6. The normalized spacial score (nSPS) is 19.5. The number of esters is 1. The smallest absolute Gasteiger partial charge is 0.412 e. The van der Waals surface area contributed by atoms with Gasteiger partial charge in [-0.2, -0.15) is 0 Å². The molecule has 1 N–H and O–H groups in total. The van der Waals surface area contributed by atoms with Crippen molar-refractivity contribution in [2.45, 2.75) is 51.7 Å². The van der Waals surface area contributed by atoms with Crippen LogP contribution >= 0.6 is 0 Å². The van der Waals surface area contributed by atoms with Gasteiger partial charge in [-0.1, -0.05) is 97.9 Å². The highest BCUT2D eigenvalue weighted by atomic mass is 16.6. The predicted octanol–water partition coefficient (Wildman–Crippen LogP) is 4.48. The van der Waals surface area contributed by atoms with E-state index in [0.717, 1.165) is 16.7 Å². The number of rotatable bonds is 9. The highest BCUT2D eigenvalue weighted by Crippen LogP contribution is 2.25. The van der Waals surface area contributed by atoms with Crippen LogP contribution in [0.1, 0.15) is 30.5 Å². The van der Waals surface area contributed by atoms with Gasteiger partial charge in [0.05, 0.1) is 6.10 Å². The quantitative estimate of drug-likeness (QED) is 0.410. The molecule has 0 saturated carbocycles. The molecule has 0 unspecified atom stereocenters. The van der Waals surface area contributed by atoms with Crippen LogP contribution in [0.25, 0.3) is 0 Å². The van der Waals surface area contributed by atoms with Crippen LogP contribution in [0.15, 0.2) is 91.0 Å². The average Bonchev–Trinajstić information content (AvgIpc) is 2.97. The molecule has 0 aromatic heterocycles. The van der Waals surface area contributed by atoms with Crippen LogP contribution in [0.2, 0.25) is 0 Å². The van der Waals surface area contributed by atoms with Crippen molar-refractivity contribution in [3.63, 3.8) is 0 Å². The molecule has 8 heteroatoms. The van der Waals surface area contributed by atoms with E-state index in [-0.39, 0.29) is 38.4 Å². The Morgan fingerprint density at radius 3 is 1.90 bits per heavy atom. The largest absolute Gasteiger partial charge is 0.459 e. The first-order valence-electron chi connectivity index (χ1n) is 13.1. The molecule has 1 aliphatic heterocycles. The molecule has 3 aromatic rings. The van der Waals surface area contributed by atoms with Crippen LogP contribution in [-0.4, -0.2) is 47.8 Å². The monoisotopic (exact) mass is 530 g/mol. The maximum Gasteiger partial charge on any atom is 0.412 e. The zero-order valence-corrected chi connectivity index (χ0v) is 22.2. The fraction of sp³-hybridized carbons (Fsp3) is 0.323. The Labute approximate surface area is 228 Å². The number of carbonyl (C=O) groups is 3. The van der Waals surface area contributed by atoms with Gasteiger partial charge in [0.2, 0.25) is 5.91 Å². The molecule has 1 heterocycles. The summed E-state index contributed by atoms with van der Waals surface area (Å²) in [7, 11) is 0. The highest BCUT2D eigenvalue weighted by Gasteiger charge is 2.43. The number of benzene rings is 3. The standard InChI is InChI=1S/C31H34N2O6/c1-22-23(2)39-21-33(31(36)38-20-26-16-10-5-11-17-26)28(22)29(34)32-27(18-24-12-6-3-7-13-24)30(35)37-19-25-14-8-4-9-15-25/h3-17,22-23,27-28H,18-21H2,1-2H3,(H,32,34)/t22-,23-,27-,28-/m0/s1. The topological polar surface area (TPSA) is 94.2 Å². The molecular formula is C31H34N2O6. The minimum atomic E-state index is -0.948. The molecule has 0 spiro atoms. The summed E-state index contributed by atoms with van der Waals surface area (Å²) in [4.78, 5) is 41.2. The van der Waals surface area contributed by atoms with Gasteiger partial charge in [0.1, 0.15) is 32.0 Å². The van der Waals surface area contributed by atoms with Crippen LogP contribution in [0.5, 0.6) is 0 Å². The van der Waals surface area contributed by atoms with E-state index in [1.807, 2.05) is 105 Å². The highest BCUT2D eigenvalue weighted by molar-refractivity contribution is 5.90. The third-order valence-electron chi connectivity index (χ3n) is 6.87. The van der Waals surface area contributed by atoms with E-state index in [2.05, 4.69) is 5.32 Å². The van der Waals surface area contributed by atoms with E-state index in [9.17, 15) is 14.4 Å². The zero-order valence-electron chi connectivity index (χ0n) is 22.2. The van der Waals surface area contributed by atoms with Crippen molar-refractivity contribution < 1.29 is 28.6 Å². The first-order chi connectivity index (χ1) is 18.9. The zero-order chi connectivity index (χ0) is 27.6. The molecule has 1 aliphatic rings. The Morgan fingerprint density at radius 1 is 0.821 bits per heavy atom. The van der Waals surface area contributed by atoms with Crippen LogP contribution in [-0.2, 0) is 43.4 Å². The fourth-order valence-corrected chi connectivity index (χ4v) is 4.45. The van der Waals surface area contributed by atoms with Crippen LogP contribution in [0, 0.1) is 5.92 Å². The van der Waals surface area contributed by atoms with E-state index < -0.39 is 30.1 Å².